The van der Waals surface area contributed by atoms with Crippen LogP contribution in [0.3, 0.4) is 0 Å². The third kappa shape index (κ3) is 2.32. The minimum Gasteiger partial charge on any atom is -0.492 e. The molecule has 1 aromatic carbocycles. The highest BCUT2D eigenvalue weighted by atomic mass is 16.5. The van der Waals surface area contributed by atoms with Crippen LogP contribution in [0.1, 0.15) is 56.1 Å². The molecule has 3 aliphatic carbocycles. The molecule has 2 fully saturated rings. The van der Waals surface area contributed by atoms with E-state index in [9.17, 15) is 4.79 Å². The highest BCUT2D eigenvalue weighted by molar-refractivity contribution is 5.87. The van der Waals surface area contributed by atoms with Crippen LogP contribution in [0, 0.1) is 17.3 Å². The number of hydrogen-bond donors (Lipinski definition) is 1. The predicted molar refractivity (Wildman–Crippen MR) is 90.6 cm³/mol. The summed E-state index contributed by atoms with van der Waals surface area (Å²) in [6.45, 7) is 3.37. The molecule has 0 saturated heterocycles. The van der Waals surface area contributed by atoms with Gasteiger partial charge in [0.05, 0.1) is 0 Å². The van der Waals surface area contributed by atoms with Gasteiger partial charge in [-0.05, 0) is 73.1 Å². The Morgan fingerprint density at radius 3 is 2.96 bits per heavy atom. The van der Waals surface area contributed by atoms with E-state index in [1.807, 2.05) is 0 Å². The van der Waals surface area contributed by atoms with E-state index in [1.165, 1.54) is 24.0 Å². The zero-order valence-corrected chi connectivity index (χ0v) is 14.0. The van der Waals surface area contributed by atoms with Gasteiger partial charge in [0.25, 0.3) is 0 Å². The number of nitrogens with two attached hydrogens (primary N) is 1. The van der Waals surface area contributed by atoms with Gasteiger partial charge in [0, 0.05) is 18.4 Å². The summed E-state index contributed by atoms with van der Waals surface area (Å²) in [6.07, 6.45) is 6.51. The fourth-order valence-electron chi connectivity index (χ4n) is 5.60. The summed E-state index contributed by atoms with van der Waals surface area (Å²) in [7, 11) is 0. The molecule has 4 atom stereocenters. The van der Waals surface area contributed by atoms with Crippen LogP contribution in [0.5, 0.6) is 5.75 Å². The van der Waals surface area contributed by atoms with Crippen LogP contribution in [-0.4, -0.2) is 18.9 Å². The van der Waals surface area contributed by atoms with Gasteiger partial charge in [-0.2, -0.15) is 0 Å². The molecule has 0 unspecified atom stereocenters. The molecule has 0 spiro atoms. The summed E-state index contributed by atoms with van der Waals surface area (Å²) in [6, 6.07) is 6.59. The first-order chi connectivity index (χ1) is 11.1. The first-order valence-corrected chi connectivity index (χ1v) is 9.12. The Morgan fingerprint density at radius 1 is 1.26 bits per heavy atom. The smallest absolute Gasteiger partial charge is 0.139 e. The second-order valence-electron chi connectivity index (χ2n) is 7.83. The maximum absolute atomic E-state index is 12.4. The zero-order chi connectivity index (χ0) is 16.0. The van der Waals surface area contributed by atoms with Gasteiger partial charge in [0.15, 0.2) is 0 Å². The van der Waals surface area contributed by atoms with E-state index in [1.54, 1.807) is 0 Å². The summed E-state index contributed by atoms with van der Waals surface area (Å²) in [4.78, 5) is 12.4. The van der Waals surface area contributed by atoms with Crippen LogP contribution in [0.25, 0.3) is 0 Å². The van der Waals surface area contributed by atoms with E-state index in [0.29, 0.717) is 36.7 Å². The Balaban J connectivity index is 1.61. The van der Waals surface area contributed by atoms with Crippen molar-refractivity contribution in [2.24, 2.45) is 23.0 Å². The Bertz CT molecular complexity index is 626. The molecule has 3 heteroatoms. The molecule has 4 rings (SSSR count). The first kappa shape index (κ1) is 15.2. The molecule has 0 amide bonds. The minimum atomic E-state index is -0.0250. The normalized spacial score (nSPS) is 35.4. The zero-order valence-electron chi connectivity index (χ0n) is 14.0. The molecule has 3 aliphatic rings. The van der Waals surface area contributed by atoms with Crippen molar-refractivity contribution in [1.82, 2.24) is 0 Å². The highest BCUT2D eigenvalue weighted by Gasteiger charge is 2.54. The number of ether oxygens (including phenoxy) is 1. The van der Waals surface area contributed by atoms with Crippen LogP contribution in [0.4, 0.5) is 0 Å². The van der Waals surface area contributed by atoms with Gasteiger partial charge in [0.2, 0.25) is 0 Å². The van der Waals surface area contributed by atoms with Gasteiger partial charge in [-0.3, -0.25) is 4.79 Å². The van der Waals surface area contributed by atoms with Crippen molar-refractivity contribution in [1.29, 1.82) is 0 Å². The van der Waals surface area contributed by atoms with Crippen molar-refractivity contribution in [2.75, 3.05) is 13.2 Å². The number of aryl methyl sites for hydroxylation is 1. The van der Waals surface area contributed by atoms with Crippen LogP contribution < -0.4 is 10.5 Å². The lowest BCUT2D eigenvalue weighted by atomic mass is 9.55. The lowest BCUT2D eigenvalue weighted by Crippen LogP contribution is -2.42. The summed E-state index contributed by atoms with van der Waals surface area (Å²) in [5.41, 5.74) is 8.47. The molecule has 0 bridgehead atoms. The standard InChI is InChI=1S/C20H27NO2/c1-20-9-8-16-15-5-3-14(23-11-10-21)12-13(15)2-4-17(16)18(20)6-7-19(20)22/h3,5,12,16-18H,2,4,6-11,21H2,1H3/t16-,17-,18-,20+/m1/s1. The Labute approximate surface area is 138 Å². The average Bonchev–Trinajstić information content (AvgIpc) is 2.88. The third-order valence-electron chi connectivity index (χ3n) is 6.79. The second kappa shape index (κ2) is 5.62. The van der Waals surface area contributed by atoms with Crippen molar-refractivity contribution >= 4 is 5.78 Å². The Morgan fingerprint density at radius 2 is 2.13 bits per heavy atom. The molecule has 3 nitrogen and oxygen atoms in total. The molecule has 2 N–H and O–H groups in total. The molecule has 2 saturated carbocycles. The number of hydrogen-bond acceptors (Lipinski definition) is 3. The summed E-state index contributed by atoms with van der Waals surface area (Å²) >= 11 is 0. The number of fused-ring (bicyclic) bond motifs is 5. The topological polar surface area (TPSA) is 52.3 Å². The molecule has 23 heavy (non-hydrogen) atoms. The largest absolute Gasteiger partial charge is 0.492 e. The van der Waals surface area contributed by atoms with E-state index in [2.05, 4.69) is 25.1 Å². The van der Waals surface area contributed by atoms with Crippen molar-refractivity contribution < 1.29 is 9.53 Å². The Kier molecular flexibility index (Phi) is 3.72. The molecule has 124 valence electrons. The molecular formula is C20H27NO2. The molecule has 0 radical (unpaired) electrons. The first-order valence-electron chi connectivity index (χ1n) is 9.12. The lowest BCUT2D eigenvalue weighted by Gasteiger charge is -2.48. The number of benzene rings is 1. The van der Waals surface area contributed by atoms with Gasteiger partial charge in [-0.1, -0.05) is 13.0 Å². The maximum Gasteiger partial charge on any atom is 0.139 e. The number of rotatable bonds is 3. The van der Waals surface area contributed by atoms with Crippen molar-refractivity contribution in [3.63, 3.8) is 0 Å². The number of carbonyl (C=O) groups excluding carboxylic acids is 1. The van der Waals surface area contributed by atoms with Crippen LogP contribution in [0.15, 0.2) is 18.2 Å². The lowest BCUT2D eigenvalue weighted by molar-refractivity contribution is -0.129. The third-order valence-corrected chi connectivity index (χ3v) is 6.79. The number of carbonyl (C=O) groups is 1. The summed E-state index contributed by atoms with van der Waals surface area (Å²) in [5.74, 6) is 3.42. The maximum atomic E-state index is 12.4. The fourth-order valence-corrected chi connectivity index (χ4v) is 5.60. The van der Waals surface area contributed by atoms with Gasteiger partial charge in [-0.25, -0.2) is 0 Å². The number of Topliss-reactive ketones (excluding diaryl/α,β-unsaturated/α-hetero) is 1. The Hall–Kier alpha value is -1.35. The van der Waals surface area contributed by atoms with E-state index in [0.717, 1.165) is 31.4 Å². The highest BCUT2D eigenvalue weighted by Crippen LogP contribution is 2.59. The van der Waals surface area contributed by atoms with E-state index >= 15 is 0 Å². The summed E-state index contributed by atoms with van der Waals surface area (Å²) < 4.78 is 5.69. The van der Waals surface area contributed by atoms with Crippen LogP contribution in [0.2, 0.25) is 0 Å². The van der Waals surface area contributed by atoms with Crippen molar-refractivity contribution in [3.05, 3.63) is 29.3 Å². The van der Waals surface area contributed by atoms with Gasteiger partial charge >= 0.3 is 0 Å². The van der Waals surface area contributed by atoms with Gasteiger partial charge in [0.1, 0.15) is 18.1 Å². The molecule has 0 heterocycles. The van der Waals surface area contributed by atoms with Crippen molar-refractivity contribution in [3.8, 4) is 5.75 Å². The van der Waals surface area contributed by atoms with E-state index < -0.39 is 0 Å². The molecule has 0 aliphatic heterocycles. The van der Waals surface area contributed by atoms with Gasteiger partial charge in [-0.15, -0.1) is 0 Å². The molecule has 0 aromatic heterocycles. The fraction of sp³-hybridized carbons (Fsp3) is 0.650. The van der Waals surface area contributed by atoms with Gasteiger partial charge < -0.3 is 10.5 Å². The van der Waals surface area contributed by atoms with E-state index in [-0.39, 0.29) is 5.41 Å². The van der Waals surface area contributed by atoms with Crippen LogP contribution >= 0.6 is 0 Å². The molecular weight excluding hydrogens is 286 g/mol. The monoisotopic (exact) mass is 313 g/mol. The average molecular weight is 313 g/mol. The minimum absolute atomic E-state index is 0.0250. The quantitative estimate of drug-likeness (QED) is 0.930. The predicted octanol–water partition coefficient (Wildman–Crippen LogP) is 3.45. The summed E-state index contributed by atoms with van der Waals surface area (Å²) in [5, 5.41) is 0. The van der Waals surface area contributed by atoms with Crippen LogP contribution in [-0.2, 0) is 11.2 Å². The second-order valence-corrected chi connectivity index (χ2v) is 7.83. The number of ketones is 1. The molecule has 1 aromatic rings. The SMILES string of the molecule is C[C@]12CC[C@@H]3c4ccc(OCCN)cc4CC[C@H]3[C@H]1CCC2=O. The van der Waals surface area contributed by atoms with Crippen molar-refractivity contribution in [2.45, 2.75) is 51.4 Å². The van der Waals surface area contributed by atoms with E-state index in [4.69, 9.17) is 10.5 Å².